The van der Waals surface area contributed by atoms with Gasteiger partial charge in [0.2, 0.25) is 5.96 Å². The maximum Gasteiger partial charge on any atom is 0.257 e. The summed E-state index contributed by atoms with van der Waals surface area (Å²) in [6.07, 6.45) is 3.15. The summed E-state index contributed by atoms with van der Waals surface area (Å²) in [4.78, 5) is 17.2. The number of carbonyl (C=O) groups is 1. The van der Waals surface area contributed by atoms with Gasteiger partial charge in [-0.3, -0.25) is 10.1 Å². The maximum absolute atomic E-state index is 12.6. The van der Waals surface area contributed by atoms with Crippen molar-refractivity contribution in [2.75, 3.05) is 18.5 Å². The average molecular weight is 365 g/mol. The average Bonchev–Trinajstić information content (AvgIpc) is 3.20. The van der Waals surface area contributed by atoms with E-state index in [1.807, 2.05) is 43.3 Å². The van der Waals surface area contributed by atoms with E-state index in [9.17, 15) is 4.79 Å². The van der Waals surface area contributed by atoms with Gasteiger partial charge in [0.1, 0.15) is 0 Å². The molecule has 142 valence electrons. The second kappa shape index (κ2) is 9.33. The Kier molecular flexibility index (Phi) is 6.60. The van der Waals surface area contributed by atoms with E-state index in [4.69, 9.17) is 4.74 Å². The van der Waals surface area contributed by atoms with Crippen molar-refractivity contribution < 1.29 is 9.53 Å². The van der Waals surface area contributed by atoms with Crippen LogP contribution in [-0.2, 0) is 11.2 Å². The molecule has 5 nitrogen and oxygen atoms in total. The van der Waals surface area contributed by atoms with E-state index < -0.39 is 0 Å². The van der Waals surface area contributed by atoms with Crippen molar-refractivity contribution in [3.63, 3.8) is 0 Å². The van der Waals surface area contributed by atoms with Gasteiger partial charge < -0.3 is 10.1 Å². The van der Waals surface area contributed by atoms with Crippen LogP contribution in [0.2, 0.25) is 0 Å². The van der Waals surface area contributed by atoms with E-state index in [2.05, 4.69) is 34.7 Å². The summed E-state index contributed by atoms with van der Waals surface area (Å²) in [6.45, 7) is 5.43. The van der Waals surface area contributed by atoms with E-state index in [1.54, 1.807) is 0 Å². The van der Waals surface area contributed by atoms with Crippen LogP contribution in [0.3, 0.4) is 0 Å². The van der Waals surface area contributed by atoms with Crippen LogP contribution in [0.1, 0.15) is 41.3 Å². The maximum atomic E-state index is 12.6. The van der Waals surface area contributed by atoms with Crippen LogP contribution >= 0.6 is 0 Å². The molecule has 3 rings (SSSR count). The van der Waals surface area contributed by atoms with Gasteiger partial charge in [-0.1, -0.05) is 36.8 Å². The Labute approximate surface area is 160 Å². The van der Waals surface area contributed by atoms with Crippen molar-refractivity contribution in [3.05, 3.63) is 65.2 Å². The van der Waals surface area contributed by atoms with E-state index >= 15 is 0 Å². The SMILES string of the molecule is CCc1cccc(NC(=NC[C@@H]2CCCO2)NC(=O)c2ccc(C)cc2)c1. The Balaban J connectivity index is 1.74. The number of ether oxygens (including phenoxy) is 1. The second-order valence-electron chi connectivity index (χ2n) is 6.82. The van der Waals surface area contributed by atoms with Crippen LogP contribution in [0, 0.1) is 6.92 Å². The standard InChI is InChI=1S/C22H27N3O2/c1-3-17-6-4-7-19(14-17)24-22(23-15-20-8-5-13-27-20)25-21(26)18-11-9-16(2)10-12-18/h4,6-7,9-12,14,20H,3,5,8,13,15H2,1-2H3,(H2,23,24,25,26)/t20-/m0/s1. The highest BCUT2D eigenvalue weighted by atomic mass is 16.5. The topological polar surface area (TPSA) is 62.7 Å². The zero-order chi connectivity index (χ0) is 19.1. The second-order valence-corrected chi connectivity index (χ2v) is 6.82. The molecule has 2 aromatic rings. The molecule has 2 aromatic carbocycles. The first-order valence-corrected chi connectivity index (χ1v) is 9.54. The van der Waals surface area contributed by atoms with Crippen LogP contribution < -0.4 is 10.6 Å². The lowest BCUT2D eigenvalue weighted by atomic mass is 10.1. The predicted octanol–water partition coefficient (Wildman–Crippen LogP) is 3.93. The smallest absolute Gasteiger partial charge is 0.257 e. The monoisotopic (exact) mass is 365 g/mol. The number of carbonyl (C=O) groups excluding carboxylic acids is 1. The van der Waals surface area contributed by atoms with Gasteiger partial charge in [-0.25, -0.2) is 4.99 Å². The number of aliphatic imine (C=N–C) groups is 1. The minimum atomic E-state index is -0.180. The van der Waals surface area contributed by atoms with Crippen molar-refractivity contribution >= 4 is 17.6 Å². The molecular formula is C22H27N3O2. The van der Waals surface area contributed by atoms with Gasteiger partial charge in [-0.05, 0) is 56.0 Å². The van der Waals surface area contributed by atoms with E-state index in [-0.39, 0.29) is 12.0 Å². The highest BCUT2D eigenvalue weighted by Gasteiger charge is 2.16. The fraction of sp³-hybridized carbons (Fsp3) is 0.364. The van der Waals surface area contributed by atoms with Gasteiger partial charge >= 0.3 is 0 Å². The zero-order valence-electron chi connectivity index (χ0n) is 16.0. The summed E-state index contributed by atoms with van der Waals surface area (Å²) in [7, 11) is 0. The molecule has 0 bridgehead atoms. The minimum Gasteiger partial charge on any atom is -0.376 e. The Morgan fingerprint density at radius 2 is 2.04 bits per heavy atom. The van der Waals surface area contributed by atoms with Crippen LogP contribution in [0.15, 0.2) is 53.5 Å². The molecule has 2 N–H and O–H groups in total. The number of anilines is 1. The quantitative estimate of drug-likeness (QED) is 0.623. The lowest BCUT2D eigenvalue weighted by Gasteiger charge is -2.14. The van der Waals surface area contributed by atoms with E-state index in [0.29, 0.717) is 18.1 Å². The third-order valence-electron chi connectivity index (χ3n) is 4.62. The van der Waals surface area contributed by atoms with Crippen molar-refractivity contribution in [3.8, 4) is 0 Å². The fourth-order valence-electron chi connectivity index (χ4n) is 2.98. The zero-order valence-corrected chi connectivity index (χ0v) is 16.0. The number of benzene rings is 2. The third kappa shape index (κ3) is 5.66. The number of nitrogens with one attached hydrogen (secondary N) is 2. The normalized spacial score (nSPS) is 17.0. The molecule has 1 amide bonds. The Morgan fingerprint density at radius 3 is 2.74 bits per heavy atom. The summed E-state index contributed by atoms with van der Waals surface area (Å²) in [5, 5.41) is 6.16. The summed E-state index contributed by atoms with van der Waals surface area (Å²) >= 11 is 0. The summed E-state index contributed by atoms with van der Waals surface area (Å²) in [5.41, 5.74) is 3.86. The first-order valence-electron chi connectivity index (χ1n) is 9.54. The molecule has 0 unspecified atom stereocenters. The van der Waals surface area contributed by atoms with E-state index in [1.165, 1.54) is 5.56 Å². The molecule has 1 aliphatic heterocycles. The molecule has 0 aliphatic carbocycles. The van der Waals surface area contributed by atoms with Gasteiger partial charge in [0.25, 0.3) is 5.91 Å². The van der Waals surface area contributed by atoms with Crippen molar-refractivity contribution in [1.29, 1.82) is 0 Å². The van der Waals surface area contributed by atoms with Gasteiger partial charge in [-0.2, -0.15) is 0 Å². The number of amides is 1. The first kappa shape index (κ1) is 19.1. The number of hydrogen-bond acceptors (Lipinski definition) is 3. The molecule has 0 radical (unpaired) electrons. The van der Waals surface area contributed by atoms with Crippen LogP contribution in [0.5, 0.6) is 0 Å². The molecule has 0 spiro atoms. The van der Waals surface area contributed by atoms with Gasteiger partial charge in [-0.15, -0.1) is 0 Å². The molecule has 5 heteroatoms. The van der Waals surface area contributed by atoms with Crippen molar-refractivity contribution in [1.82, 2.24) is 5.32 Å². The number of rotatable bonds is 5. The Morgan fingerprint density at radius 1 is 1.22 bits per heavy atom. The van der Waals surface area contributed by atoms with Crippen LogP contribution in [0.25, 0.3) is 0 Å². The number of nitrogens with zero attached hydrogens (tertiary/aromatic N) is 1. The summed E-state index contributed by atoms with van der Waals surface area (Å²) in [6, 6.07) is 15.6. The predicted molar refractivity (Wildman–Crippen MR) is 109 cm³/mol. The molecule has 1 aliphatic rings. The molecule has 1 heterocycles. The number of hydrogen-bond donors (Lipinski definition) is 2. The molecule has 0 saturated carbocycles. The third-order valence-corrected chi connectivity index (χ3v) is 4.62. The lowest BCUT2D eigenvalue weighted by molar-refractivity contribution is 0.0975. The highest BCUT2D eigenvalue weighted by molar-refractivity contribution is 6.10. The van der Waals surface area contributed by atoms with Gasteiger partial charge in [0, 0.05) is 17.9 Å². The fourth-order valence-corrected chi connectivity index (χ4v) is 2.98. The van der Waals surface area contributed by atoms with Gasteiger partial charge in [0.05, 0.1) is 12.6 Å². The van der Waals surface area contributed by atoms with E-state index in [0.717, 1.165) is 37.1 Å². The van der Waals surface area contributed by atoms with Crippen molar-refractivity contribution in [2.45, 2.75) is 39.2 Å². The van der Waals surface area contributed by atoms with Crippen LogP contribution in [-0.4, -0.2) is 31.1 Å². The molecular weight excluding hydrogens is 338 g/mol. The Bertz CT molecular complexity index is 793. The summed E-state index contributed by atoms with van der Waals surface area (Å²) < 4.78 is 5.65. The molecule has 1 fully saturated rings. The van der Waals surface area contributed by atoms with Crippen molar-refractivity contribution in [2.24, 2.45) is 4.99 Å². The molecule has 0 aromatic heterocycles. The van der Waals surface area contributed by atoms with Crippen LogP contribution in [0.4, 0.5) is 5.69 Å². The lowest BCUT2D eigenvalue weighted by Crippen LogP contribution is -2.36. The first-order chi connectivity index (χ1) is 13.1. The van der Waals surface area contributed by atoms with Gasteiger partial charge in [0.15, 0.2) is 0 Å². The Hall–Kier alpha value is -2.66. The molecule has 1 atom stereocenters. The largest absolute Gasteiger partial charge is 0.376 e. The number of aryl methyl sites for hydroxylation is 2. The highest BCUT2D eigenvalue weighted by Crippen LogP contribution is 2.14. The molecule has 1 saturated heterocycles. The number of guanidine groups is 1. The minimum absolute atomic E-state index is 0.125. The molecule has 27 heavy (non-hydrogen) atoms. The summed E-state index contributed by atoms with van der Waals surface area (Å²) in [5.74, 6) is 0.268.